The summed E-state index contributed by atoms with van der Waals surface area (Å²) >= 11 is 0. The van der Waals surface area contributed by atoms with Gasteiger partial charge in [-0.25, -0.2) is 4.98 Å². The van der Waals surface area contributed by atoms with Crippen LogP contribution in [-0.4, -0.2) is 14.0 Å². The Kier molecular flexibility index (Phi) is 7.25. The van der Waals surface area contributed by atoms with Gasteiger partial charge in [0.05, 0.1) is 30.4 Å². The number of aromatic nitrogens is 4. The molecule has 6 heterocycles. The number of hydrogen-bond donors (Lipinski definition) is 0. The molecule has 7 nitrogen and oxygen atoms in total. The molecule has 0 fully saturated rings. The second-order valence-corrected chi connectivity index (χ2v) is 18.8. The molecule has 0 radical (unpaired) electrons. The van der Waals surface area contributed by atoms with Crippen LogP contribution in [0.3, 0.4) is 0 Å². The summed E-state index contributed by atoms with van der Waals surface area (Å²) in [5.74, 6) is 1.37. The van der Waals surface area contributed by atoms with Gasteiger partial charge in [0.1, 0.15) is 22.6 Å². The second kappa shape index (κ2) is 15.7. The standard InChI is InChI=1S/C64H40N4O3.Pt/c1-64(2,3)42-30-31-65-57(33-42)68-49-25-22-41(38-14-7-4-8-15-38)32-48(49)47-24-23-43(34-51(47)68)69-44-35-52-58-56(36-44)71-53-28-29-54-60(59(53)58)61-55(70-54)27-26-50-63(61)67(52)37-66(50)62-45(39-16-9-5-10-17-39)20-13-21-46(62)40-18-11-6-12-19-40;/h4-33,36H,1-3H3;/q-2;/i5D,6D,9D,10D,11D,12D,16D,17D,18D,19D;. The topological polar surface area (TPSA) is 61.6 Å². The number of hydrogen-bond acceptors (Lipinski definition) is 4. The van der Waals surface area contributed by atoms with Gasteiger partial charge in [0.25, 0.3) is 6.33 Å². The molecule has 9 aromatic carbocycles. The number of benzene rings is 9. The number of ether oxygens (including phenoxy) is 1. The van der Waals surface area contributed by atoms with Crippen molar-refractivity contribution in [2.24, 2.45) is 0 Å². The van der Waals surface area contributed by atoms with Crippen LogP contribution in [0, 0.1) is 18.5 Å². The van der Waals surface area contributed by atoms with Crippen LogP contribution in [0.15, 0.2) is 197 Å². The van der Waals surface area contributed by atoms with Gasteiger partial charge >= 0.3 is 0 Å². The molecule has 6 aromatic heterocycles. The monoisotopic (exact) mass is 1120 g/mol. The smallest absolute Gasteiger partial charge is 0.268 e. The molecule has 0 aliphatic heterocycles. The maximum atomic E-state index is 9.21. The summed E-state index contributed by atoms with van der Waals surface area (Å²) in [6.45, 7) is 6.52. The minimum absolute atomic E-state index is 0. The molecule has 0 bridgehead atoms. The van der Waals surface area contributed by atoms with E-state index in [-0.39, 0.29) is 60.2 Å². The van der Waals surface area contributed by atoms with Gasteiger partial charge in [-0.3, -0.25) is 4.57 Å². The van der Waals surface area contributed by atoms with E-state index in [1.54, 1.807) is 33.2 Å². The zero-order chi connectivity index (χ0) is 55.8. The van der Waals surface area contributed by atoms with Crippen LogP contribution in [0.25, 0.3) is 127 Å². The van der Waals surface area contributed by atoms with Crippen LogP contribution < -0.4 is 9.30 Å². The molecule has 0 saturated carbocycles. The minimum atomic E-state index is -0.589. The van der Waals surface area contributed by atoms with Gasteiger partial charge in [0.15, 0.2) is 0 Å². The molecule has 15 rings (SSSR count). The van der Waals surface area contributed by atoms with Gasteiger partial charge in [-0.2, -0.15) is 6.07 Å². The Morgan fingerprint density at radius 1 is 0.583 bits per heavy atom. The largest absolute Gasteiger partial charge is 0.510 e. The molecule has 0 spiro atoms. The zero-order valence-corrected chi connectivity index (χ0v) is 40.7. The van der Waals surface area contributed by atoms with Crippen molar-refractivity contribution in [2.45, 2.75) is 26.2 Å². The number of pyridine rings is 1. The summed E-state index contributed by atoms with van der Waals surface area (Å²) in [5, 5.41) is 4.82. The molecule has 0 N–H and O–H groups in total. The van der Waals surface area contributed by atoms with E-state index in [2.05, 4.69) is 80.2 Å². The van der Waals surface area contributed by atoms with E-state index in [4.69, 9.17) is 26.8 Å². The quantitative estimate of drug-likeness (QED) is 0.118. The van der Waals surface area contributed by atoms with Gasteiger partial charge in [-0.1, -0.05) is 159 Å². The Morgan fingerprint density at radius 3 is 2.00 bits per heavy atom. The summed E-state index contributed by atoms with van der Waals surface area (Å²) in [6, 6.07) is 40.3. The van der Waals surface area contributed by atoms with Crippen LogP contribution in [-0.2, 0) is 26.5 Å². The molecule has 8 heteroatoms. The van der Waals surface area contributed by atoms with Crippen LogP contribution in [0.2, 0.25) is 0 Å². The average molecular weight is 1120 g/mol. The van der Waals surface area contributed by atoms with E-state index < -0.39 is 60.4 Å². The van der Waals surface area contributed by atoms with E-state index in [1.807, 2.05) is 66.9 Å². The molecular formula is C64H40N4O3Pt-2. The van der Waals surface area contributed by atoms with E-state index in [9.17, 15) is 5.48 Å². The van der Waals surface area contributed by atoms with Crippen LogP contribution >= 0.6 is 0 Å². The summed E-state index contributed by atoms with van der Waals surface area (Å²) in [6.07, 6.45) is 5.39. The first-order valence-electron chi connectivity index (χ1n) is 28.1. The first kappa shape index (κ1) is 33.1. The molecule has 0 amide bonds. The Labute approximate surface area is 441 Å². The third-order valence-corrected chi connectivity index (χ3v) is 13.7. The van der Waals surface area contributed by atoms with Gasteiger partial charge in [-0.15, -0.1) is 23.6 Å². The van der Waals surface area contributed by atoms with Crippen molar-refractivity contribution < 1.29 is 52.9 Å². The Hall–Kier alpha value is -8.51. The van der Waals surface area contributed by atoms with E-state index in [0.29, 0.717) is 55.4 Å². The van der Waals surface area contributed by atoms with Gasteiger partial charge in [0, 0.05) is 60.6 Å². The second-order valence-electron chi connectivity index (χ2n) is 18.8. The summed E-state index contributed by atoms with van der Waals surface area (Å²) in [4.78, 5) is 4.92. The molecule has 72 heavy (non-hydrogen) atoms. The number of furan rings is 2. The average Bonchev–Trinajstić information content (AvgIpc) is 3.78. The predicted octanol–water partition coefficient (Wildman–Crippen LogP) is 16.0. The fourth-order valence-corrected chi connectivity index (χ4v) is 10.5. The van der Waals surface area contributed by atoms with Crippen molar-refractivity contribution in [3.05, 3.63) is 212 Å². The molecule has 346 valence electrons. The molecule has 15 aromatic rings. The predicted molar refractivity (Wildman–Crippen MR) is 284 cm³/mol. The van der Waals surface area contributed by atoms with Crippen molar-refractivity contribution in [3.63, 3.8) is 0 Å². The Balaban J connectivity index is 0.00000602. The van der Waals surface area contributed by atoms with E-state index in [0.717, 1.165) is 55.1 Å². The molecule has 0 atom stereocenters. The number of rotatable bonds is 7. The maximum absolute atomic E-state index is 9.21. The van der Waals surface area contributed by atoms with Crippen molar-refractivity contribution in [2.75, 3.05) is 0 Å². The van der Waals surface area contributed by atoms with Crippen molar-refractivity contribution in [1.82, 2.24) is 14.0 Å². The van der Waals surface area contributed by atoms with Crippen LogP contribution in [0.1, 0.15) is 40.0 Å². The normalized spacial score (nSPS) is 14.2. The van der Waals surface area contributed by atoms with Crippen LogP contribution in [0.4, 0.5) is 0 Å². The van der Waals surface area contributed by atoms with Gasteiger partial charge < -0.3 is 22.5 Å². The third-order valence-electron chi connectivity index (χ3n) is 13.7. The van der Waals surface area contributed by atoms with Gasteiger partial charge in [0.2, 0.25) is 0 Å². The molecule has 0 aliphatic rings. The molecule has 0 saturated heterocycles. The van der Waals surface area contributed by atoms with Gasteiger partial charge in [-0.05, 0) is 103 Å². The van der Waals surface area contributed by atoms with E-state index >= 15 is 0 Å². The van der Waals surface area contributed by atoms with Crippen LogP contribution in [0.5, 0.6) is 11.5 Å². The first-order valence-corrected chi connectivity index (χ1v) is 23.1. The van der Waals surface area contributed by atoms with Crippen molar-refractivity contribution in [3.8, 4) is 56.4 Å². The fraction of sp³-hybridized carbons (Fsp3) is 0.0625. The Bertz CT molecular complexity index is 5070. The Morgan fingerprint density at radius 2 is 1.26 bits per heavy atom. The first-order chi connectivity index (χ1) is 39.0. The van der Waals surface area contributed by atoms with E-state index in [1.165, 1.54) is 0 Å². The molecular weight excluding hydrogens is 1070 g/mol. The zero-order valence-electron chi connectivity index (χ0n) is 48.5. The minimum Gasteiger partial charge on any atom is -0.510 e. The van der Waals surface area contributed by atoms with Crippen molar-refractivity contribution in [1.29, 1.82) is 0 Å². The number of nitrogens with zero attached hydrogens (tertiary/aromatic N) is 4. The molecule has 0 unspecified atom stereocenters. The van der Waals surface area contributed by atoms with Crippen molar-refractivity contribution >= 4 is 82.2 Å². The summed E-state index contributed by atoms with van der Waals surface area (Å²) in [5.41, 5.74) is 8.47. The number of para-hydroxylation sites is 1. The fourth-order valence-electron chi connectivity index (χ4n) is 10.5. The molecule has 0 aliphatic carbocycles. The summed E-state index contributed by atoms with van der Waals surface area (Å²) in [7, 11) is 0. The number of imidazole rings is 1. The third kappa shape index (κ3) is 6.27. The summed E-state index contributed by atoms with van der Waals surface area (Å²) < 4.78 is 114. The maximum Gasteiger partial charge on any atom is 0.268 e. The SMILES string of the molecule is [2H]c1c([2H])c([2H])c(-c2cccc(-c3c([2H])c([2H])c([2H])c([2H])c3[2H])c2-[n+]2[c-]n3c4[c-]c(Oc5[c-]c6c(cc5)c5cc(-c7ccccc7)ccc5n6-c5cc(C(C)(C)C)ccn5)cc5oc6ccc7oc8ccc2c3c8c7c6c54)c([2H])c1[2H].[Pt]. The number of fused-ring (bicyclic) bond motifs is 4.